The number of hydrogen-bond donors (Lipinski definition) is 2. The summed E-state index contributed by atoms with van der Waals surface area (Å²) in [5.41, 5.74) is 7.19. The molecular formula is C18H22FN3O3. The number of alkyl halides is 1. The Morgan fingerprint density at radius 3 is 2.68 bits per heavy atom. The summed E-state index contributed by atoms with van der Waals surface area (Å²) in [6.45, 7) is 1.22. The molecule has 2 rings (SSSR count). The Kier molecular flexibility index (Phi) is 6.16. The van der Waals surface area contributed by atoms with E-state index in [-0.39, 0.29) is 23.6 Å². The maximum Gasteiger partial charge on any atom is 0.267 e. The number of primary amides is 1. The van der Waals surface area contributed by atoms with Crippen molar-refractivity contribution in [1.29, 1.82) is 0 Å². The van der Waals surface area contributed by atoms with Gasteiger partial charge in [0.1, 0.15) is 24.7 Å². The number of aryl methyl sites for hydroxylation is 2. The van der Waals surface area contributed by atoms with Crippen molar-refractivity contribution in [3.8, 4) is 5.75 Å². The number of amides is 2. The molecule has 0 unspecified atom stereocenters. The van der Waals surface area contributed by atoms with Gasteiger partial charge in [-0.05, 0) is 24.1 Å². The number of benzene rings is 1. The van der Waals surface area contributed by atoms with Gasteiger partial charge < -0.3 is 20.4 Å². The number of anilines is 1. The fourth-order valence-corrected chi connectivity index (χ4v) is 2.70. The molecule has 3 N–H and O–H groups in total. The zero-order valence-corrected chi connectivity index (χ0v) is 14.3. The Bertz CT molecular complexity index is 771. The predicted molar refractivity (Wildman–Crippen MR) is 93.8 cm³/mol. The number of nitrogens with one attached hydrogen (secondary N) is 1. The first-order chi connectivity index (χ1) is 12.0. The minimum absolute atomic E-state index is 0.136. The Balaban J connectivity index is 2.36. The van der Waals surface area contributed by atoms with Gasteiger partial charge in [-0.25, -0.2) is 4.39 Å². The molecule has 6 nitrogen and oxygen atoms in total. The maximum absolute atomic E-state index is 12.7. The van der Waals surface area contributed by atoms with Crippen LogP contribution in [0.5, 0.6) is 5.75 Å². The monoisotopic (exact) mass is 347 g/mol. The third-order valence-corrected chi connectivity index (χ3v) is 3.72. The van der Waals surface area contributed by atoms with Crippen LogP contribution in [-0.4, -0.2) is 29.7 Å². The normalized spacial score (nSPS) is 10.5. The van der Waals surface area contributed by atoms with Crippen LogP contribution in [0.1, 0.15) is 39.8 Å². The van der Waals surface area contributed by atoms with E-state index in [1.165, 1.54) is 0 Å². The largest absolute Gasteiger partial charge is 0.490 e. The van der Waals surface area contributed by atoms with Gasteiger partial charge in [0.15, 0.2) is 0 Å². The van der Waals surface area contributed by atoms with Crippen LogP contribution in [0.2, 0.25) is 0 Å². The molecule has 2 amide bonds. The van der Waals surface area contributed by atoms with Gasteiger partial charge in [-0.3, -0.25) is 9.59 Å². The van der Waals surface area contributed by atoms with Crippen molar-refractivity contribution in [3.05, 3.63) is 47.3 Å². The van der Waals surface area contributed by atoms with Crippen molar-refractivity contribution in [1.82, 2.24) is 4.57 Å². The number of rotatable bonds is 8. The summed E-state index contributed by atoms with van der Waals surface area (Å²) in [6.07, 6.45) is 3.32. The van der Waals surface area contributed by atoms with Crippen molar-refractivity contribution in [3.63, 3.8) is 0 Å². The molecule has 0 fully saturated rings. The Labute approximate surface area is 145 Å². The number of aromatic nitrogens is 1. The molecule has 0 aliphatic heterocycles. The minimum atomic E-state index is -0.652. The molecule has 7 heteroatoms. The fraction of sp³-hybridized carbons (Fsp3) is 0.333. The fourth-order valence-electron chi connectivity index (χ4n) is 2.70. The predicted octanol–water partition coefficient (Wildman–Crippen LogP) is 2.68. The van der Waals surface area contributed by atoms with Crippen molar-refractivity contribution < 1.29 is 18.7 Å². The molecule has 2 aromatic rings. The molecule has 0 radical (unpaired) electrons. The van der Waals surface area contributed by atoms with E-state index < -0.39 is 18.5 Å². The molecule has 0 atom stereocenters. The maximum atomic E-state index is 12.7. The average Bonchev–Trinajstić information content (AvgIpc) is 2.88. The highest BCUT2D eigenvalue weighted by molar-refractivity contribution is 6.10. The average molecular weight is 347 g/mol. The molecule has 1 heterocycles. The Morgan fingerprint density at radius 1 is 1.32 bits per heavy atom. The second kappa shape index (κ2) is 8.32. The summed E-state index contributed by atoms with van der Waals surface area (Å²) in [7, 11) is 1.70. The summed E-state index contributed by atoms with van der Waals surface area (Å²) in [5, 5.41) is 2.76. The Hall–Kier alpha value is -2.83. The summed E-state index contributed by atoms with van der Waals surface area (Å²) in [6, 6.07) is 6.56. The molecule has 1 aromatic carbocycles. The van der Waals surface area contributed by atoms with Gasteiger partial charge in [0.25, 0.3) is 11.8 Å². The highest BCUT2D eigenvalue weighted by Crippen LogP contribution is 2.26. The first kappa shape index (κ1) is 18.5. The lowest BCUT2D eigenvalue weighted by Crippen LogP contribution is -2.21. The molecule has 0 aliphatic carbocycles. The zero-order chi connectivity index (χ0) is 18.4. The van der Waals surface area contributed by atoms with E-state index in [0.29, 0.717) is 12.1 Å². The van der Waals surface area contributed by atoms with Crippen LogP contribution in [0, 0.1) is 0 Å². The third-order valence-electron chi connectivity index (χ3n) is 3.72. The second-order valence-electron chi connectivity index (χ2n) is 5.59. The van der Waals surface area contributed by atoms with Gasteiger partial charge in [-0.15, -0.1) is 0 Å². The SMILES string of the molecule is CCCc1cn(C)c(C(N)=O)c1NC(=O)c1ccccc1OCCF. The van der Waals surface area contributed by atoms with Gasteiger partial charge >= 0.3 is 0 Å². The van der Waals surface area contributed by atoms with E-state index in [9.17, 15) is 14.0 Å². The number of para-hydroxylation sites is 1. The number of carbonyl (C=O) groups excluding carboxylic acids is 2. The van der Waals surface area contributed by atoms with Crippen LogP contribution >= 0.6 is 0 Å². The lowest BCUT2D eigenvalue weighted by atomic mass is 10.1. The van der Waals surface area contributed by atoms with Crippen LogP contribution in [-0.2, 0) is 13.5 Å². The van der Waals surface area contributed by atoms with Crippen molar-refractivity contribution in [2.75, 3.05) is 18.6 Å². The topological polar surface area (TPSA) is 86.4 Å². The number of nitrogens with zero attached hydrogens (tertiary/aromatic N) is 1. The van der Waals surface area contributed by atoms with E-state index >= 15 is 0 Å². The highest BCUT2D eigenvalue weighted by Gasteiger charge is 2.21. The van der Waals surface area contributed by atoms with E-state index in [2.05, 4.69) is 5.32 Å². The van der Waals surface area contributed by atoms with Gasteiger partial charge in [0, 0.05) is 13.2 Å². The number of ether oxygens (including phenoxy) is 1. The van der Waals surface area contributed by atoms with Crippen molar-refractivity contribution in [2.24, 2.45) is 12.8 Å². The van der Waals surface area contributed by atoms with Crippen LogP contribution in [0.25, 0.3) is 0 Å². The lowest BCUT2D eigenvalue weighted by molar-refractivity contribution is 0.0993. The summed E-state index contributed by atoms with van der Waals surface area (Å²) in [4.78, 5) is 24.5. The third kappa shape index (κ3) is 4.17. The van der Waals surface area contributed by atoms with E-state index in [1.54, 1.807) is 42.1 Å². The molecule has 0 spiro atoms. The summed E-state index contributed by atoms with van der Waals surface area (Å²) < 4.78 is 19.2. The quantitative estimate of drug-likeness (QED) is 0.770. The number of carbonyl (C=O) groups is 2. The molecule has 0 bridgehead atoms. The van der Waals surface area contributed by atoms with Crippen LogP contribution < -0.4 is 15.8 Å². The Morgan fingerprint density at radius 2 is 2.04 bits per heavy atom. The molecule has 134 valence electrons. The summed E-state index contributed by atoms with van der Waals surface area (Å²) in [5.74, 6) is -0.783. The van der Waals surface area contributed by atoms with Crippen molar-refractivity contribution >= 4 is 17.5 Å². The van der Waals surface area contributed by atoms with E-state index in [1.807, 2.05) is 6.92 Å². The van der Waals surface area contributed by atoms with Gasteiger partial charge in [0.2, 0.25) is 0 Å². The molecule has 1 aromatic heterocycles. The van der Waals surface area contributed by atoms with Crippen LogP contribution in [0.4, 0.5) is 10.1 Å². The lowest BCUT2D eigenvalue weighted by Gasteiger charge is -2.12. The molecule has 25 heavy (non-hydrogen) atoms. The summed E-state index contributed by atoms with van der Waals surface area (Å²) >= 11 is 0. The smallest absolute Gasteiger partial charge is 0.267 e. The van der Waals surface area contributed by atoms with Crippen molar-refractivity contribution in [2.45, 2.75) is 19.8 Å². The van der Waals surface area contributed by atoms with Crippen LogP contribution in [0.3, 0.4) is 0 Å². The number of halogens is 1. The zero-order valence-electron chi connectivity index (χ0n) is 14.3. The highest BCUT2D eigenvalue weighted by atomic mass is 19.1. The second-order valence-corrected chi connectivity index (χ2v) is 5.59. The molecule has 0 aliphatic rings. The first-order valence-corrected chi connectivity index (χ1v) is 8.06. The standard InChI is InChI=1S/C18H22FN3O3/c1-3-6-12-11-22(2)16(17(20)23)15(12)21-18(24)13-7-4-5-8-14(13)25-10-9-19/h4-5,7-8,11H,3,6,9-10H2,1-2H3,(H2,20,23)(H,21,24). The van der Waals surface area contributed by atoms with E-state index in [4.69, 9.17) is 10.5 Å². The van der Waals surface area contributed by atoms with Crippen LogP contribution in [0.15, 0.2) is 30.5 Å². The number of hydrogen-bond acceptors (Lipinski definition) is 3. The van der Waals surface area contributed by atoms with Gasteiger partial charge in [-0.1, -0.05) is 25.5 Å². The minimum Gasteiger partial charge on any atom is -0.490 e. The number of nitrogens with two attached hydrogens (primary N) is 1. The molecular weight excluding hydrogens is 325 g/mol. The molecule has 0 saturated carbocycles. The first-order valence-electron chi connectivity index (χ1n) is 8.06. The van der Waals surface area contributed by atoms with Gasteiger partial charge in [-0.2, -0.15) is 0 Å². The van der Waals surface area contributed by atoms with E-state index in [0.717, 1.165) is 12.0 Å². The molecule has 0 saturated heterocycles. The van der Waals surface area contributed by atoms with Gasteiger partial charge in [0.05, 0.1) is 11.3 Å².